The second-order valence-corrected chi connectivity index (χ2v) is 14.4. The van der Waals surface area contributed by atoms with E-state index < -0.39 is 7.12 Å². The van der Waals surface area contributed by atoms with Gasteiger partial charge in [-0.1, -0.05) is 133 Å². The van der Waals surface area contributed by atoms with Crippen LogP contribution in [0.5, 0.6) is 0 Å². The van der Waals surface area contributed by atoms with Gasteiger partial charge in [-0.05, 0) is 101 Å². The maximum absolute atomic E-state index is 8.94. The van der Waals surface area contributed by atoms with Crippen LogP contribution in [-0.2, 0) is 10.8 Å². The van der Waals surface area contributed by atoms with Gasteiger partial charge in [-0.3, -0.25) is 0 Å². The predicted octanol–water partition coefficient (Wildman–Crippen LogP) is 9.23. The summed E-state index contributed by atoms with van der Waals surface area (Å²) >= 11 is 3.41. The molecule has 47 heavy (non-hydrogen) atoms. The Kier molecular flexibility index (Phi) is 13.4. The predicted molar refractivity (Wildman–Crippen MR) is 204 cm³/mol. The minimum Gasteiger partial charge on any atom is -0.423 e. The smallest absolute Gasteiger partial charge is 0.423 e. The third-order valence-electron chi connectivity index (χ3n) is 7.92. The Morgan fingerprint density at radius 3 is 1.51 bits per heavy atom. The van der Waals surface area contributed by atoms with Crippen molar-refractivity contribution < 1.29 is 41.2 Å². The zero-order valence-electron chi connectivity index (χ0n) is 28.1. The number of hydrogen-bond donors (Lipinski definition) is 4. The summed E-state index contributed by atoms with van der Waals surface area (Å²) in [5.41, 5.74) is 19.3. The summed E-state index contributed by atoms with van der Waals surface area (Å²) in [7, 11) is -1.38. The monoisotopic (exact) mass is 912 g/mol. The molecule has 0 heterocycles. The Morgan fingerprint density at radius 2 is 1.00 bits per heavy atom. The first kappa shape index (κ1) is 38.4. The zero-order chi connectivity index (χ0) is 33.6. The van der Waals surface area contributed by atoms with Crippen LogP contribution in [0.15, 0.2) is 126 Å². The molecule has 0 aliphatic carbocycles. The summed E-state index contributed by atoms with van der Waals surface area (Å²) < 4.78 is 0.981. The van der Waals surface area contributed by atoms with E-state index in [0.717, 1.165) is 32.2 Å². The third kappa shape index (κ3) is 10.5. The number of halogens is 1. The summed E-state index contributed by atoms with van der Waals surface area (Å²) in [6.07, 6.45) is 0. The van der Waals surface area contributed by atoms with Crippen LogP contribution in [0.2, 0.25) is 0 Å². The van der Waals surface area contributed by atoms with Crippen molar-refractivity contribution in [2.75, 3.05) is 11.5 Å². The zero-order valence-corrected chi connectivity index (χ0v) is 33.8. The Labute approximate surface area is 312 Å². The van der Waals surface area contributed by atoms with E-state index in [1.165, 1.54) is 27.5 Å². The molecule has 240 valence electrons. The molecular weight excluding hydrogens is 869 g/mol. The largest absolute Gasteiger partial charge is 0.488 e. The van der Waals surface area contributed by atoms with E-state index in [0.29, 0.717) is 5.46 Å². The van der Waals surface area contributed by atoms with Gasteiger partial charge in [-0.2, -0.15) is 0 Å². The second kappa shape index (κ2) is 16.4. The molecular formula is C40H44BBrN2O2U. The molecule has 0 radical (unpaired) electrons. The van der Waals surface area contributed by atoms with Crippen molar-refractivity contribution in [1.82, 2.24) is 0 Å². The number of hydrogen-bond acceptors (Lipinski definition) is 4. The van der Waals surface area contributed by atoms with Crippen molar-refractivity contribution in [3.05, 3.63) is 137 Å². The van der Waals surface area contributed by atoms with Gasteiger partial charge in [0.2, 0.25) is 0 Å². The molecule has 0 spiro atoms. The number of nitrogens with two attached hydrogens (primary N) is 2. The SMILES string of the molecule is CC(C)(C)c1ccc(N)c(-c2ccc3ccccc3c2)c1.CC(C)(C)c1ccc(N)c(Br)c1.OB(O)c1ccc2ccccc2c1.[U]. The number of anilines is 2. The van der Waals surface area contributed by atoms with Crippen LogP contribution in [0.25, 0.3) is 32.7 Å². The van der Waals surface area contributed by atoms with Crippen molar-refractivity contribution >= 4 is 61.4 Å². The van der Waals surface area contributed by atoms with E-state index in [-0.39, 0.29) is 41.9 Å². The molecule has 0 aromatic heterocycles. The minimum atomic E-state index is -1.38. The molecule has 0 fully saturated rings. The molecule has 6 aromatic rings. The number of nitrogen functional groups attached to an aromatic ring is 2. The molecule has 6 aromatic carbocycles. The van der Waals surface area contributed by atoms with E-state index >= 15 is 0 Å². The third-order valence-corrected chi connectivity index (χ3v) is 8.60. The standard InChI is InChI=1S/C20H21N.C10H9BO2.C10H14BrN.U/c1-20(2,3)17-10-11-19(21)18(13-17)16-9-8-14-6-4-5-7-15(14)12-16;12-11(13)10-6-5-8-3-1-2-4-9(8)7-10;1-10(2,3)7-4-5-9(12)8(11)6-7;/h4-13H,21H2,1-3H3;1-7,12-13H;4-6H,12H2,1-3H3;. The van der Waals surface area contributed by atoms with Crippen LogP contribution in [0, 0.1) is 31.1 Å². The van der Waals surface area contributed by atoms with Gasteiger partial charge in [0.15, 0.2) is 0 Å². The topological polar surface area (TPSA) is 92.5 Å². The van der Waals surface area contributed by atoms with E-state index in [1.807, 2.05) is 42.5 Å². The maximum atomic E-state index is 8.94. The summed E-state index contributed by atoms with van der Waals surface area (Å²) in [4.78, 5) is 0. The van der Waals surface area contributed by atoms with Gasteiger partial charge in [-0.25, -0.2) is 0 Å². The molecule has 0 amide bonds. The van der Waals surface area contributed by atoms with Gasteiger partial charge in [0, 0.05) is 52.5 Å². The van der Waals surface area contributed by atoms with Crippen LogP contribution < -0.4 is 16.9 Å². The van der Waals surface area contributed by atoms with Gasteiger partial charge >= 0.3 is 7.12 Å². The van der Waals surface area contributed by atoms with Gasteiger partial charge in [0.25, 0.3) is 0 Å². The first-order chi connectivity index (χ1) is 21.6. The Bertz CT molecular complexity index is 1950. The van der Waals surface area contributed by atoms with E-state index in [4.69, 9.17) is 21.5 Å². The summed E-state index contributed by atoms with van der Waals surface area (Å²) in [6.45, 7) is 13.2. The fourth-order valence-corrected chi connectivity index (χ4v) is 5.37. The molecule has 7 heteroatoms. The first-order valence-electron chi connectivity index (χ1n) is 15.4. The number of rotatable bonds is 2. The molecule has 0 unspecified atom stereocenters. The first-order valence-corrected chi connectivity index (χ1v) is 16.2. The maximum Gasteiger partial charge on any atom is 0.488 e. The molecule has 6 rings (SSSR count). The van der Waals surface area contributed by atoms with E-state index in [9.17, 15) is 0 Å². The number of fused-ring (bicyclic) bond motifs is 2. The Hall–Kier alpha value is -3.04. The van der Waals surface area contributed by atoms with E-state index in [1.54, 1.807) is 12.1 Å². The van der Waals surface area contributed by atoms with Crippen LogP contribution in [0.1, 0.15) is 52.7 Å². The summed E-state index contributed by atoms with van der Waals surface area (Å²) in [5.74, 6) is 0. The molecule has 6 N–H and O–H groups in total. The molecule has 0 saturated carbocycles. The molecule has 4 nitrogen and oxygen atoms in total. The Morgan fingerprint density at radius 1 is 0.532 bits per heavy atom. The van der Waals surface area contributed by atoms with Gasteiger partial charge < -0.3 is 21.5 Å². The number of benzene rings is 6. The van der Waals surface area contributed by atoms with Crippen molar-refractivity contribution in [3.8, 4) is 11.1 Å². The van der Waals surface area contributed by atoms with Gasteiger partial charge in [-0.15, -0.1) is 0 Å². The Balaban J connectivity index is 0.000000201. The second-order valence-electron chi connectivity index (χ2n) is 13.6. The normalized spacial score (nSPS) is 11.1. The molecule has 0 bridgehead atoms. The van der Waals surface area contributed by atoms with Crippen LogP contribution >= 0.6 is 15.9 Å². The average Bonchev–Trinajstić information content (AvgIpc) is 3.01. The molecule has 0 aliphatic heterocycles. The van der Waals surface area contributed by atoms with Crippen molar-refractivity contribution in [3.63, 3.8) is 0 Å². The molecule has 0 saturated heterocycles. The van der Waals surface area contributed by atoms with Gasteiger partial charge in [0.1, 0.15) is 0 Å². The van der Waals surface area contributed by atoms with E-state index in [2.05, 4.69) is 124 Å². The fraction of sp³-hybridized carbons (Fsp3) is 0.200. The van der Waals surface area contributed by atoms with Crippen LogP contribution in [0.3, 0.4) is 0 Å². The van der Waals surface area contributed by atoms with Gasteiger partial charge in [0.05, 0.1) is 0 Å². The fourth-order valence-electron chi connectivity index (χ4n) is 4.99. The molecule has 0 atom stereocenters. The minimum absolute atomic E-state index is 0. The quantitative estimate of drug-likeness (QED) is 0.103. The summed E-state index contributed by atoms with van der Waals surface area (Å²) in [6, 6.07) is 40.6. The van der Waals surface area contributed by atoms with Crippen LogP contribution in [-0.4, -0.2) is 17.2 Å². The summed E-state index contributed by atoms with van der Waals surface area (Å²) in [5, 5.41) is 22.5. The van der Waals surface area contributed by atoms with Crippen molar-refractivity contribution in [2.45, 2.75) is 52.4 Å². The molecule has 0 aliphatic rings. The van der Waals surface area contributed by atoms with Crippen molar-refractivity contribution in [1.29, 1.82) is 0 Å². The van der Waals surface area contributed by atoms with Crippen molar-refractivity contribution in [2.24, 2.45) is 0 Å². The average molecular weight is 914 g/mol. The van der Waals surface area contributed by atoms with Crippen LogP contribution in [0.4, 0.5) is 11.4 Å².